The minimum absolute atomic E-state index is 0.114. The summed E-state index contributed by atoms with van der Waals surface area (Å²) in [5.74, 6) is -0.114. The Bertz CT molecular complexity index is 641. The predicted molar refractivity (Wildman–Crippen MR) is 84.9 cm³/mol. The first-order valence-electron chi connectivity index (χ1n) is 6.98. The lowest BCUT2D eigenvalue weighted by Crippen LogP contribution is -2.38. The lowest BCUT2D eigenvalue weighted by molar-refractivity contribution is 0.0930. The maximum Gasteiger partial charge on any atom is 0.253 e. The molecule has 1 heterocycles. The van der Waals surface area contributed by atoms with E-state index in [2.05, 4.69) is 30.8 Å². The Hall–Kier alpha value is -1.82. The standard InChI is InChI=1S/C15H17BrN4O/c16-10-4-5-11(12(17)8-10)15(21)19-13-2-1-3-14(13)20-7-6-18-9-20/h4-9,13-14H,1-3,17H2,(H,19,21). The summed E-state index contributed by atoms with van der Waals surface area (Å²) < 4.78 is 2.94. The molecule has 110 valence electrons. The number of carbonyl (C=O) groups is 1. The largest absolute Gasteiger partial charge is 0.398 e. The quantitative estimate of drug-likeness (QED) is 0.837. The maximum absolute atomic E-state index is 12.4. The normalized spacial score (nSPS) is 21.4. The molecule has 1 aliphatic carbocycles. The molecule has 1 saturated carbocycles. The zero-order chi connectivity index (χ0) is 14.8. The van der Waals surface area contributed by atoms with E-state index in [1.807, 2.05) is 18.6 Å². The summed E-state index contributed by atoms with van der Waals surface area (Å²) in [6.45, 7) is 0. The fourth-order valence-corrected chi connectivity index (χ4v) is 3.30. The lowest BCUT2D eigenvalue weighted by Gasteiger charge is -2.22. The summed E-state index contributed by atoms with van der Waals surface area (Å²) >= 11 is 3.35. The van der Waals surface area contributed by atoms with Crippen LogP contribution in [-0.4, -0.2) is 21.5 Å². The average molecular weight is 349 g/mol. The first kappa shape index (κ1) is 14.1. The first-order valence-corrected chi connectivity index (χ1v) is 7.78. The Balaban J connectivity index is 1.75. The zero-order valence-electron chi connectivity index (χ0n) is 11.5. The Kier molecular flexibility index (Phi) is 3.96. The molecule has 1 aromatic heterocycles. The number of imidazole rings is 1. The van der Waals surface area contributed by atoms with Gasteiger partial charge in [0, 0.05) is 28.6 Å². The van der Waals surface area contributed by atoms with Crippen molar-refractivity contribution >= 4 is 27.5 Å². The molecule has 5 nitrogen and oxygen atoms in total. The van der Waals surface area contributed by atoms with Crippen LogP contribution in [0.25, 0.3) is 0 Å². The molecule has 1 aliphatic rings. The van der Waals surface area contributed by atoms with E-state index in [0.29, 0.717) is 11.3 Å². The minimum atomic E-state index is -0.114. The van der Waals surface area contributed by atoms with Crippen LogP contribution in [0, 0.1) is 0 Å². The number of benzene rings is 1. The van der Waals surface area contributed by atoms with Crippen molar-refractivity contribution in [2.75, 3.05) is 5.73 Å². The molecule has 2 aromatic rings. The second-order valence-corrected chi connectivity index (χ2v) is 6.24. The predicted octanol–water partition coefficient (Wildman–Crippen LogP) is 2.75. The van der Waals surface area contributed by atoms with Crippen LogP contribution in [0.15, 0.2) is 41.4 Å². The van der Waals surface area contributed by atoms with Crippen LogP contribution in [-0.2, 0) is 0 Å². The van der Waals surface area contributed by atoms with E-state index in [-0.39, 0.29) is 18.0 Å². The molecule has 0 radical (unpaired) electrons. The van der Waals surface area contributed by atoms with Gasteiger partial charge in [0.15, 0.2) is 0 Å². The third kappa shape index (κ3) is 2.95. The van der Waals surface area contributed by atoms with Gasteiger partial charge in [-0.05, 0) is 37.5 Å². The highest BCUT2D eigenvalue weighted by atomic mass is 79.9. The minimum Gasteiger partial charge on any atom is -0.398 e. The third-order valence-electron chi connectivity index (χ3n) is 3.96. The van der Waals surface area contributed by atoms with E-state index < -0.39 is 0 Å². The average Bonchev–Trinajstić information content (AvgIpc) is 3.08. The lowest BCUT2D eigenvalue weighted by atomic mass is 10.1. The Labute approximate surface area is 131 Å². The van der Waals surface area contributed by atoms with Crippen LogP contribution < -0.4 is 11.1 Å². The number of hydrogen-bond donors (Lipinski definition) is 2. The van der Waals surface area contributed by atoms with Crippen LogP contribution >= 0.6 is 15.9 Å². The summed E-state index contributed by atoms with van der Waals surface area (Å²) in [5.41, 5.74) is 6.93. The van der Waals surface area contributed by atoms with E-state index >= 15 is 0 Å². The second-order valence-electron chi connectivity index (χ2n) is 5.32. The number of nitrogens with two attached hydrogens (primary N) is 1. The molecule has 1 aromatic carbocycles. The first-order chi connectivity index (χ1) is 10.1. The van der Waals surface area contributed by atoms with E-state index in [1.165, 1.54) is 0 Å². The maximum atomic E-state index is 12.4. The fourth-order valence-electron chi connectivity index (χ4n) is 2.92. The van der Waals surface area contributed by atoms with Gasteiger partial charge in [-0.2, -0.15) is 0 Å². The molecule has 1 amide bonds. The number of anilines is 1. The van der Waals surface area contributed by atoms with Crippen LogP contribution in [0.4, 0.5) is 5.69 Å². The molecular formula is C15H17BrN4O. The monoisotopic (exact) mass is 348 g/mol. The molecule has 0 bridgehead atoms. The van der Waals surface area contributed by atoms with Gasteiger partial charge in [0.2, 0.25) is 0 Å². The Morgan fingerprint density at radius 3 is 3.00 bits per heavy atom. The van der Waals surface area contributed by atoms with Crippen molar-refractivity contribution in [3.8, 4) is 0 Å². The molecule has 21 heavy (non-hydrogen) atoms. The van der Waals surface area contributed by atoms with Crippen LogP contribution in [0.5, 0.6) is 0 Å². The summed E-state index contributed by atoms with van der Waals surface area (Å²) in [5, 5.41) is 3.11. The van der Waals surface area contributed by atoms with Crippen molar-refractivity contribution in [1.82, 2.24) is 14.9 Å². The number of amides is 1. The molecule has 0 saturated heterocycles. The number of aromatic nitrogens is 2. The molecule has 0 aliphatic heterocycles. The zero-order valence-corrected chi connectivity index (χ0v) is 13.1. The van der Waals surface area contributed by atoms with Crippen molar-refractivity contribution in [2.24, 2.45) is 0 Å². The van der Waals surface area contributed by atoms with Crippen molar-refractivity contribution in [3.63, 3.8) is 0 Å². The second kappa shape index (κ2) is 5.89. The van der Waals surface area contributed by atoms with E-state index in [0.717, 1.165) is 23.7 Å². The van der Waals surface area contributed by atoms with Crippen molar-refractivity contribution in [3.05, 3.63) is 47.0 Å². The SMILES string of the molecule is Nc1cc(Br)ccc1C(=O)NC1CCCC1n1ccnc1. The van der Waals surface area contributed by atoms with Crippen molar-refractivity contribution in [2.45, 2.75) is 31.3 Å². The molecule has 3 N–H and O–H groups in total. The number of nitrogen functional groups attached to an aromatic ring is 1. The van der Waals surface area contributed by atoms with E-state index in [4.69, 9.17) is 5.73 Å². The van der Waals surface area contributed by atoms with Crippen molar-refractivity contribution in [1.29, 1.82) is 0 Å². The summed E-state index contributed by atoms with van der Waals surface area (Å²) in [7, 11) is 0. The van der Waals surface area contributed by atoms with Crippen LogP contribution in [0.3, 0.4) is 0 Å². The third-order valence-corrected chi connectivity index (χ3v) is 4.46. The van der Waals surface area contributed by atoms with E-state index in [9.17, 15) is 4.79 Å². The van der Waals surface area contributed by atoms with E-state index in [1.54, 1.807) is 18.3 Å². The topological polar surface area (TPSA) is 72.9 Å². The Morgan fingerprint density at radius 2 is 2.29 bits per heavy atom. The smallest absolute Gasteiger partial charge is 0.253 e. The summed E-state index contributed by atoms with van der Waals surface area (Å²) in [6, 6.07) is 5.71. The number of nitrogens with one attached hydrogen (secondary N) is 1. The highest BCUT2D eigenvalue weighted by Gasteiger charge is 2.30. The molecule has 1 fully saturated rings. The summed E-state index contributed by atoms with van der Waals surface area (Å²) in [6.07, 6.45) is 8.65. The number of halogens is 1. The summed E-state index contributed by atoms with van der Waals surface area (Å²) in [4.78, 5) is 16.5. The number of rotatable bonds is 3. The molecular weight excluding hydrogens is 332 g/mol. The van der Waals surface area contributed by atoms with Gasteiger partial charge in [-0.1, -0.05) is 15.9 Å². The van der Waals surface area contributed by atoms with Gasteiger partial charge in [-0.15, -0.1) is 0 Å². The molecule has 0 spiro atoms. The van der Waals surface area contributed by atoms with Gasteiger partial charge < -0.3 is 15.6 Å². The van der Waals surface area contributed by atoms with Gasteiger partial charge in [0.25, 0.3) is 5.91 Å². The molecule has 6 heteroatoms. The molecule has 3 rings (SSSR count). The Morgan fingerprint density at radius 1 is 1.43 bits per heavy atom. The van der Waals surface area contributed by atoms with Gasteiger partial charge in [0.1, 0.15) is 0 Å². The van der Waals surface area contributed by atoms with Gasteiger partial charge in [0.05, 0.1) is 17.9 Å². The molecule has 2 unspecified atom stereocenters. The number of carbonyl (C=O) groups excluding carboxylic acids is 1. The van der Waals surface area contributed by atoms with Crippen LogP contribution in [0.2, 0.25) is 0 Å². The number of nitrogens with zero attached hydrogens (tertiary/aromatic N) is 2. The van der Waals surface area contributed by atoms with Gasteiger partial charge in [-0.3, -0.25) is 4.79 Å². The highest BCUT2D eigenvalue weighted by molar-refractivity contribution is 9.10. The fraction of sp³-hybridized carbons (Fsp3) is 0.333. The number of hydrogen-bond acceptors (Lipinski definition) is 3. The van der Waals surface area contributed by atoms with Gasteiger partial charge >= 0.3 is 0 Å². The van der Waals surface area contributed by atoms with Gasteiger partial charge in [-0.25, -0.2) is 4.98 Å². The van der Waals surface area contributed by atoms with Crippen LogP contribution in [0.1, 0.15) is 35.7 Å². The molecule has 2 atom stereocenters. The highest BCUT2D eigenvalue weighted by Crippen LogP contribution is 2.30. The van der Waals surface area contributed by atoms with Crippen molar-refractivity contribution < 1.29 is 4.79 Å².